The van der Waals surface area contributed by atoms with Crippen molar-refractivity contribution in [3.8, 4) is 11.1 Å². The zero-order valence-electron chi connectivity index (χ0n) is 19.0. The molecule has 1 aromatic carbocycles. The molecule has 0 unspecified atom stereocenters. The summed E-state index contributed by atoms with van der Waals surface area (Å²) in [4.78, 5) is 15.5. The number of piperidine rings is 1. The Balaban J connectivity index is 0.00000228. The summed E-state index contributed by atoms with van der Waals surface area (Å²) in [6, 6.07) is 6.26. The van der Waals surface area contributed by atoms with Crippen LogP contribution in [-0.4, -0.2) is 51.2 Å². The quantitative estimate of drug-likeness (QED) is 0.403. The lowest BCUT2D eigenvalue weighted by Gasteiger charge is -2.41. The molecule has 0 saturated carbocycles. The van der Waals surface area contributed by atoms with Crippen LogP contribution >= 0.6 is 11.6 Å². The van der Waals surface area contributed by atoms with Crippen molar-refractivity contribution < 1.29 is 4.74 Å². The molecule has 0 radical (unpaired) electrons. The van der Waals surface area contributed by atoms with Crippen LogP contribution in [0.3, 0.4) is 0 Å². The van der Waals surface area contributed by atoms with Crippen molar-refractivity contribution in [1.82, 2.24) is 25.5 Å². The van der Waals surface area contributed by atoms with Gasteiger partial charge in [-0.3, -0.25) is 4.40 Å². The second-order valence-electron chi connectivity index (χ2n) is 9.25. The average molecular weight is 468 g/mol. The third-order valence-electron chi connectivity index (χ3n) is 7.53. The third kappa shape index (κ3) is 3.24. The van der Waals surface area contributed by atoms with Gasteiger partial charge in [0.1, 0.15) is 5.65 Å². The fraction of sp³-hybridized carbons (Fsp3) is 0.417. The minimum atomic E-state index is 0. The van der Waals surface area contributed by atoms with Crippen LogP contribution in [-0.2, 0) is 4.74 Å². The maximum atomic E-state index is 6.51. The second kappa shape index (κ2) is 7.99. The van der Waals surface area contributed by atoms with Gasteiger partial charge in [-0.25, -0.2) is 9.97 Å². The van der Waals surface area contributed by atoms with Crippen molar-refractivity contribution in [3.05, 3.63) is 47.5 Å². The van der Waals surface area contributed by atoms with Crippen LogP contribution in [0.4, 0.5) is 5.95 Å². The van der Waals surface area contributed by atoms with Crippen LogP contribution in [0, 0.1) is 12.3 Å². The van der Waals surface area contributed by atoms with E-state index < -0.39 is 0 Å². The van der Waals surface area contributed by atoms with Crippen molar-refractivity contribution in [1.29, 1.82) is 0 Å². The fourth-order valence-corrected chi connectivity index (χ4v) is 5.78. The largest absolute Gasteiger partial charge is 0.376 e. The number of nitrogens with zero attached hydrogens (tertiary/aromatic N) is 4. The Morgan fingerprint density at radius 1 is 1.27 bits per heavy atom. The topological polar surface area (TPSA) is 119 Å². The van der Waals surface area contributed by atoms with Gasteiger partial charge in [0, 0.05) is 59.7 Å². The number of nitrogens with one attached hydrogen (secondary N) is 1. The minimum Gasteiger partial charge on any atom is -0.376 e. The van der Waals surface area contributed by atoms with Gasteiger partial charge in [-0.1, -0.05) is 29.8 Å². The smallest absolute Gasteiger partial charge is 0.211 e. The van der Waals surface area contributed by atoms with E-state index in [2.05, 4.69) is 34.2 Å². The first kappa shape index (κ1) is 22.2. The number of H-pyrrole nitrogens is 1. The van der Waals surface area contributed by atoms with Crippen LogP contribution < -0.4 is 16.8 Å². The normalized spacial score (nSPS) is 22.4. The Bertz CT molecular complexity index is 1320. The Morgan fingerprint density at radius 3 is 2.79 bits per heavy atom. The first-order valence-electron chi connectivity index (χ1n) is 11.2. The predicted octanol–water partition coefficient (Wildman–Crippen LogP) is 4.33. The molecule has 0 bridgehead atoms. The Kier molecular flexibility index (Phi) is 5.36. The van der Waals surface area contributed by atoms with Crippen molar-refractivity contribution >= 4 is 34.1 Å². The number of rotatable bonds is 2. The molecule has 0 amide bonds. The number of benzene rings is 1. The van der Waals surface area contributed by atoms with E-state index in [4.69, 9.17) is 32.0 Å². The number of para-hydroxylation sites is 1. The fourth-order valence-electron chi connectivity index (χ4n) is 5.56. The number of halogens is 1. The number of ether oxygens (including phenoxy) is 1. The van der Waals surface area contributed by atoms with Crippen molar-refractivity contribution in [2.24, 2.45) is 11.1 Å². The number of anilines is 1. The first-order chi connectivity index (χ1) is 15.5. The predicted molar refractivity (Wildman–Crippen MR) is 132 cm³/mol. The Morgan fingerprint density at radius 2 is 2.06 bits per heavy atom. The second-order valence-corrected chi connectivity index (χ2v) is 9.66. The van der Waals surface area contributed by atoms with Gasteiger partial charge in [0.2, 0.25) is 5.95 Å². The number of hydrogen-bond acceptors (Lipinski definition) is 6. The lowest BCUT2D eigenvalue weighted by Crippen LogP contribution is -2.51. The monoisotopic (exact) mass is 467 g/mol. The van der Waals surface area contributed by atoms with Crippen LogP contribution in [0.2, 0.25) is 5.02 Å². The Labute approximate surface area is 197 Å². The van der Waals surface area contributed by atoms with E-state index in [0.29, 0.717) is 5.02 Å². The van der Waals surface area contributed by atoms with Gasteiger partial charge >= 0.3 is 0 Å². The summed E-state index contributed by atoms with van der Waals surface area (Å²) in [5, 5.41) is 1.72. The van der Waals surface area contributed by atoms with E-state index in [1.54, 1.807) is 0 Å². The zero-order chi connectivity index (χ0) is 22.0. The molecule has 3 aromatic heterocycles. The molecule has 0 aliphatic carbocycles. The molecule has 2 fully saturated rings. The van der Waals surface area contributed by atoms with Gasteiger partial charge in [-0.2, -0.15) is 0 Å². The van der Waals surface area contributed by atoms with Gasteiger partial charge in [0.15, 0.2) is 0 Å². The molecule has 2 aliphatic rings. The summed E-state index contributed by atoms with van der Waals surface area (Å²) in [6.07, 6.45) is 7.83. The van der Waals surface area contributed by atoms with Crippen molar-refractivity contribution in [2.45, 2.75) is 38.8 Å². The molecular weight excluding hydrogens is 438 g/mol. The van der Waals surface area contributed by atoms with E-state index in [9.17, 15) is 0 Å². The summed E-state index contributed by atoms with van der Waals surface area (Å²) in [6.45, 7) is 6.72. The molecule has 5 heterocycles. The summed E-state index contributed by atoms with van der Waals surface area (Å²) in [5.74, 6) is 0.936. The zero-order valence-corrected chi connectivity index (χ0v) is 19.8. The van der Waals surface area contributed by atoms with Crippen LogP contribution in [0.25, 0.3) is 27.7 Å². The van der Waals surface area contributed by atoms with E-state index in [1.165, 1.54) is 0 Å². The number of aromatic nitrogens is 4. The van der Waals surface area contributed by atoms with E-state index in [0.717, 1.165) is 71.9 Å². The molecule has 174 valence electrons. The third-order valence-corrected chi connectivity index (χ3v) is 7.84. The highest BCUT2D eigenvalue weighted by Crippen LogP contribution is 2.42. The average Bonchev–Trinajstić information content (AvgIpc) is 3.50. The lowest BCUT2D eigenvalue weighted by atomic mass is 9.73. The molecule has 6 rings (SSSR count). The number of aryl methyl sites for hydroxylation is 1. The van der Waals surface area contributed by atoms with Gasteiger partial charge in [0.05, 0.1) is 28.9 Å². The molecule has 2 atom stereocenters. The highest BCUT2D eigenvalue weighted by Gasteiger charge is 2.47. The highest BCUT2D eigenvalue weighted by molar-refractivity contribution is 6.36. The van der Waals surface area contributed by atoms with Gasteiger partial charge in [-0.05, 0) is 26.7 Å². The van der Waals surface area contributed by atoms with E-state index in [-0.39, 0.29) is 23.7 Å². The standard InChI is InChI=1S/C24H27ClN6O.H3N/c1-14-19(17-5-3-4-16-18(25)12-28-20(16)17)22-27-8-11-31(22)23(29-14)30-9-6-24(7-10-30)13-32-15(2)21(24)26;/h3-5,8,11-12,15,21,28H,6-7,9-10,13,26H2,1-2H3;1H3/t15-,21+;/m0./s1. The summed E-state index contributed by atoms with van der Waals surface area (Å²) < 4.78 is 8.00. The number of aromatic amines is 1. The SMILES string of the molecule is Cc1nc(N2CCC3(CC2)CO[C@@H](C)[C@H]3N)n2ccnc2c1-c1cccc2c(Cl)c[nH]c12.N. The highest BCUT2D eigenvalue weighted by atomic mass is 35.5. The Hall–Kier alpha value is -2.65. The number of imidazole rings is 1. The van der Waals surface area contributed by atoms with Crippen LogP contribution in [0.5, 0.6) is 0 Å². The molecule has 2 saturated heterocycles. The lowest BCUT2D eigenvalue weighted by molar-refractivity contribution is 0.0973. The molecule has 1 spiro atoms. The van der Waals surface area contributed by atoms with E-state index in [1.807, 2.05) is 30.7 Å². The molecular formula is C24H30ClN7O. The van der Waals surface area contributed by atoms with Gasteiger partial charge in [0.25, 0.3) is 0 Å². The number of nitrogens with two attached hydrogens (primary N) is 1. The summed E-state index contributed by atoms with van der Waals surface area (Å²) in [7, 11) is 0. The molecule has 9 heteroatoms. The summed E-state index contributed by atoms with van der Waals surface area (Å²) in [5.41, 5.74) is 11.5. The first-order valence-corrected chi connectivity index (χ1v) is 11.6. The molecule has 8 nitrogen and oxygen atoms in total. The maximum absolute atomic E-state index is 6.51. The maximum Gasteiger partial charge on any atom is 0.211 e. The van der Waals surface area contributed by atoms with Crippen LogP contribution in [0.1, 0.15) is 25.5 Å². The molecule has 4 aromatic rings. The van der Waals surface area contributed by atoms with Crippen molar-refractivity contribution in [2.75, 3.05) is 24.6 Å². The van der Waals surface area contributed by atoms with E-state index >= 15 is 0 Å². The summed E-state index contributed by atoms with van der Waals surface area (Å²) >= 11 is 6.37. The number of hydrogen-bond donors (Lipinski definition) is 3. The molecule has 6 N–H and O–H groups in total. The van der Waals surface area contributed by atoms with Crippen LogP contribution in [0.15, 0.2) is 36.8 Å². The van der Waals surface area contributed by atoms with Gasteiger partial charge in [-0.15, -0.1) is 0 Å². The molecule has 33 heavy (non-hydrogen) atoms. The number of fused-ring (bicyclic) bond motifs is 2. The van der Waals surface area contributed by atoms with Crippen molar-refractivity contribution in [3.63, 3.8) is 0 Å². The molecule has 2 aliphatic heterocycles. The minimum absolute atomic E-state index is 0. The van der Waals surface area contributed by atoms with Gasteiger partial charge < -0.3 is 26.5 Å².